The average molecular weight is 578 g/mol. The summed E-state index contributed by atoms with van der Waals surface area (Å²) < 4.78 is 0.904. The Morgan fingerprint density at radius 2 is 1.65 bits per heavy atom. The minimum Gasteiger partial charge on any atom is -0.368 e. The SMILES string of the molecule is O=C(NC(=S)Nc1ccc(N2CCN(Cc3ccccc3Cl)CC2)c(Cl)c1)c1ccc(Br)cc1. The molecule has 1 saturated heterocycles. The van der Waals surface area contributed by atoms with Crippen molar-refractivity contribution in [3.63, 3.8) is 0 Å². The minimum absolute atomic E-state index is 0.213. The lowest BCUT2D eigenvalue weighted by atomic mass is 10.2. The lowest BCUT2D eigenvalue weighted by Gasteiger charge is -2.36. The number of halogens is 3. The molecule has 176 valence electrons. The van der Waals surface area contributed by atoms with E-state index in [2.05, 4.69) is 42.4 Å². The molecule has 0 aliphatic carbocycles. The van der Waals surface area contributed by atoms with Gasteiger partial charge in [0.1, 0.15) is 0 Å². The Bertz CT molecular complexity index is 1180. The molecule has 4 rings (SSSR count). The fraction of sp³-hybridized carbons (Fsp3) is 0.200. The third-order valence-electron chi connectivity index (χ3n) is 5.60. The Morgan fingerprint density at radius 3 is 2.32 bits per heavy atom. The highest BCUT2D eigenvalue weighted by molar-refractivity contribution is 9.10. The minimum atomic E-state index is -0.276. The van der Waals surface area contributed by atoms with Gasteiger partial charge in [0.05, 0.1) is 10.7 Å². The molecule has 0 saturated carbocycles. The van der Waals surface area contributed by atoms with Crippen LogP contribution in [0.15, 0.2) is 71.2 Å². The van der Waals surface area contributed by atoms with Gasteiger partial charge >= 0.3 is 0 Å². The summed E-state index contributed by atoms with van der Waals surface area (Å²) in [6.45, 7) is 4.44. The number of carbonyl (C=O) groups is 1. The van der Waals surface area contributed by atoms with E-state index in [1.165, 1.54) is 0 Å². The van der Waals surface area contributed by atoms with Gasteiger partial charge in [-0.05, 0) is 66.3 Å². The standard InChI is InChI=1S/C25H23BrCl2N4OS/c26-19-7-5-17(6-8-19)24(33)30-25(34)29-20-9-10-23(22(28)15-20)32-13-11-31(12-14-32)16-18-3-1-2-4-21(18)27/h1-10,15H,11-14,16H2,(H2,29,30,33,34). The summed E-state index contributed by atoms with van der Waals surface area (Å²) in [7, 11) is 0. The molecule has 3 aromatic rings. The van der Waals surface area contributed by atoms with Gasteiger partial charge in [-0.25, -0.2) is 0 Å². The predicted molar refractivity (Wildman–Crippen MR) is 148 cm³/mol. The normalized spacial score (nSPS) is 14.0. The van der Waals surface area contributed by atoms with E-state index in [0.717, 1.165) is 53.5 Å². The van der Waals surface area contributed by atoms with Gasteiger partial charge in [0, 0.05) is 53.5 Å². The number of nitrogens with one attached hydrogen (secondary N) is 2. The quantitative estimate of drug-likeness (QED) is 0.353. The molecule has 9 heteroatoms. The summed E-state index contributed by atoms with van der Waals surface area (Å²) >= 11 is 21.6. The Labute approximate surface area is 223 Å². The third kappa shape index (κ3) is 6.49. The zero-order valence-corrected chi connectivity index (χ0v) is 22.1. The maximum absolute atomic E-state index is 12.3. The first-order chi connectivity index (χ1) is 16.4. The zero-order valence-electron chi connectivity index (χ0n) is 18.2. The van der Waals surface area contributed by atoms with E-state index >= 15 is 0 Å². The van der Waals surface area contributed by atoms with Crippen LogP contribution in [0.1, 0.15) is 15.9 Å². The second kappa shape index (κ2) is 11.5. The number of hydrogen-bond acceptors (Lipinski definition) is 4. The summed E-state index contributed by atoms with van der Waals surface area (Å²) in [6.07, 6.45) is 0. The number of benzene rings is 3. The maximum Gasteiger partial charge on any atom is 0.257 e. The van der Waals surface area contributed by atoms with Gasteiger partial charge in [-0.15, -0.1) is 0 Å². The van der Waals surface area contributed by atoms with E-state index in [9.17, 15) is 4.79 Å². The maximum atomic E-state index is 12.3. The first-order valence-corrected chi connectivity index (χ1v) is 12.7. The number of anilines is 2. The average Bonchev–Trinajstić information content (AvgIpc) is 2.82. The van der Waals surface area contributed by atoms with Crippen LogP contribution in [0.4, 0.5) is 11.4 Å². The number of hydrogen-bond donors (Lipinski definition) is 2. The summed E-state index contributed by atoms with van der Waals surface area (Å²) in [5.41, 5.74) is 3.37. The fourth-order valence-corrected chi connectivity index (χ4v) is 4.76. The van der Waals surface area contributed by atoms with Crippen molar-refractivity contribution >= 4 is 73.7 Å². The van der Waals surface area contributed by atoms with Crippen molar-refractivity contribution in [1.82, 2.24) is 10.2 Å². The third-order valence-corrected chi connectivity index (χ3v) is 7.01. The van der Waals surface area contributed by atoms with Gasteiger partial charge in [-0.1, -0.05) is 57.3 Å². The van der Waals surface area contributed by atoms with E-state index in [1.54, 1.807) is 24.3 Å². The molecule has 2 N–H and O–H groups in total. The van der Waals surface area contributed by atoms with Crippen LogP contribution in [0.3, 0.4) is 0 Å². The van der Waals surface area contributed by atoms with Crippen molar-refractivity contribution in [1.29, 1.82) is 0 Å². The van der Waals surface area contributed by atoms with Crippen LogP contribution in [0.25, 0.3) is 0 Å². The van der Waals surface area contributed by atoms with Crippen LogP contribution in [0, 0.1) is 0 Å². The largest absolute Gasteiger partial charge is 0.368 e. The van der Waals surface area contributed by atoms with Crippen LogP contribution in [-0.2, 0) is 6.54 Å². The Balaban J connectivity index is 1.31. The van der Waals surface area contributed by atoms with Gasteiger partial charge in [0.2, 0.25) is 0 Å². The predicted octanol–water partition coefficient (Wildman–Crippen LogP) is 6.20. The summed E-state index contributed by atoms with van der Waals surface area (Å²) in [6, 6.07) is 20.8. The molecule has 0 spiro atoms. The highest BCUT2D eigenvalue weighted by Gasteiger charge is 2.20. The fourth-order valence-electron chi connectivity index (χ4n) is 3.79. The summed E-state index contributed by atoms with van der Waals surface area (Å²) in [5, 5.41) is 7.37. The molecular formula is C25H23BrCl2N4OS. The lowest BCUT2D eigenvalue weighted by Crippen LogP contribution is -2.46. The van der Waals surface area contributed by atoms with Crippen LogP contribution in [-0.4, -0.2) is 42.1 Å². The number of rotatable bonds is 5. The van der Waals surface area contributed by atoms with E-state index < -0.39 is 0 Å². The number of piperazine rings is 1. The Morgan fingerprint density at radius 1 is 0.941 bits per heavy atom. The molecule has 0 bridgehead atoms. The van der Waals surface area contributed by atoms with Crippen LogP contribution in [0.2, 0.25) is 10.0 Å². The van der Waals surface area contributed by atoms with E-state index in [1.807, 2.05) is 36.4 Å². The molecule has 1 aliphatic heterocycles. The number of thiocarbonyl (C=S) groups is 1. The van der Waals surface area contributed by atoms with Crippen molar-refractivity contribution in [2.75, 3.05) is 36.4 Å². The van der Waals surface area contributed by atoms with Crippen LogP contribution in [0.5, 0.6) is 0 Å². The van der Waals surface area contributed by atoms with Crippen molar-refractivity contribution in [2.24, 2.45) is 0 Å². The van der Waals surface area contributed by atoms with E-state index in [-0.39, 0.29) is 11.0 Å². The second-order valence-electron chi connectivity index (χ2n) is 7.94. The molecule has 1 heterocycles. The Kier molecular flexibility index (Phi) is 8.45. The smallest absolute Gasteiger partial charge is 0.257 e. The Hall–Kier alpha value is -2.16. The number of carbonyl (C=O) groups excluding carboxylic acids is 1. The molecule has 5 nitrogen and oxygen atoms in total. The van der Waals surface area contributed by atoms with Crippen molar-refractivity contribution < 1.29 is 4.79 Å². The molecule has 1 aliphatic rings. The van der Waals surface area contributed by atoms with Crippen molar-refractivity contribution in [3.05, 3.63) is 92.4 Å². The van der Waals surface area contributed by atoms with Gasteiger partial charge in [0.15, 0.2) is 5.11 Å². The zero-order chi connectivity index (χ0) is 24.1. The molecular weight excluding hydrogens is 555 g/mol. The van der Waals surface area contributed by atoms with Gasteiger partial charge < -0.3 is 10.2 Å². The van der Waals surface area contributed by atoms with Crippen LogP contribution >= 0.6 is 51.3 Å². The molecule has 1 fully saturated rings. The van der Waals surface area contributed by atoms with Crippen molar-refractivity contribution in [3.8, 4) is 0 Å². The molecule has 3 aromatic carbocycles. The molecule has 0 unspecified atom stereocenters. The highest BCUT2D eigenvalue weighted by Crippen LogP contribution is 2.30. The first-order valence-electron chi connectivity index (χ1n) is 10.8. The van der Waals surface area contributed by atoms with Gasteiger partial charge in [-0.3, -0.25) is 15.0 Å². The van der Waals surface area contributed by atoms with Crippen LogP contribution < -0.4 is 15.5 Å². The first kappa shape index (κ1) is 24.9. The lowest BCUT2D eigenvalue weighted by molar-refractivity contribution is 0.0977. The summed E-state index contributed by atoms with van der Waals surface area (Å²) in [5.74, 6) is -0.276. The second-order valence-corrected chi connectivity index (χ2v) is 10.1. The highest BCUT2D eigenvalue weighted by atomic mass is 79.9. The van der Waals surface area contributed by atoms with Gasteiger partial charge in [-0.2, -0.15) is 0 Å². The molecule has 34 heavy (non-hydrogen) atoms. The monoisotopic (exact) mass is 576 g/mol. The van der Waals surface area contributed by atoms with Crippen molar-refractivity contribution in [2.45, 2.75) is 6.54 Å². The molecule has 0 radical (unpaired) electrons. The molecule has 0 atom stereocenters. The summed E-state index contributed by atoms with van der Waals surface area (Å²) in [4.78, 5) is 17.0. The molecule has 1 amide bonds. The number of amides is 1. The molecule has 0 aromatic heterocycles. The topological polar surface area (TPSA) is 47.6 Å². The van der Waals surface area contributed by atoms with E-state index in [4.69, 9.17) is 35.4 Å². The number of nitrogens with zero attached hydrogens (tertiary/aromatic N) is 2. The van der Waals surface area contributed by atoms with E-state index in [0.29, 0.717) is 16.3 Å². The van der Waals surface area contributed by atoms with Gasteiger partial charge in [0.25, 0.3) is 5.91 Å².